The Hall–Kier alpha value is -2.41. The Morgan fingerprint density at radius 3 is 2.51 bits per heavy atom. The number of rotatable bonds is 7. The van der Waals surface area contributed by atoms with Gasteiger partial charge in [0.25, 0.3) is 5.91 Å². The van der Waals surface area contributed by atoms with Crippen molar-refractivity contribution < 1.29 is 24.1 Å². The van der Waals surface area contributed by atoms with Gasteiger partial charge in [0.15, 0.2) is 0 Å². The van der Waals surface area contributed by atoms with Crippen molar-refractivity contribution in [3.8, 4) is 5.75 Å². The Bertz CT molecular complexity index is 992. The third-order valence-electron chi connectivity index (χ3n) is 7.01. The maximum Gasteiger partial charge on any atom is 0.253 e. The minimum Gasteiger partial charge on any atom is -0.490 e. The number of ether oxygens (including phenoxy) is 3. The largest absolute Gasteiger partial charge is 0.490 e. The van der Waals surface area contributed by atoms with Gasteiger partial charge in [0.1, 0.15) is 12.4 Å². The molecule has 6 heteroatoms. The third-order valence-corrected chi connectivity index (χ3v) is 7.01. The molecule has 2 aromatic rings. The zero-order valence-corrected chi connectivity index (χ0v) is 21.5. The molecule has 190 valence electrons. The quantitative estimate of drug-likeness (QED) is 0.598. The number of carbonyl (C=O) groups is 1. The van der Waals surface area contributed by atoms with Crippen molar-refractivity contribution in [2.24, 2.45) is 0 Å². The first-order valence-corrected chi connectivity index (χ1v) is 12.8. The highest BCUT2D eigenvalue weighted by atomic mass is 16.5. The van der Waals surface area contributed by atoms with E-state index in [0.717, 1.165) is 31.2 Å². The van der Waals surface area contributed by atoms with Gasteiger partial charge in [-0.25, -0.2) is 0 Å². The molecule has 0 aliphatic carbocycles. The maximum absolute atomic E-state index is 13.3. The molecule has 2 aromatic carbocycles. The fourth-order valence-corrected chi connectivity index (χ4v) is 5.19. The van der Waals surface area contributed by atoms with Crippen LogP contribution >= 0.6 is 0 Å². The van der Waals surface area contributed by atoms with Gasteiger partial charge >= 0.3 is 0 Å². The summed E-state index contributed by atoms with van der Waals surface area (Å²) in [7, 11) is 0. The summed E-state index contributed by atoms with van der Waals surface area (Å²) in [5.74, 6) is 0.722. The zero-order valence-electron chi connectivity index (χ0n) is 21.5. The van der Waals surface area contributed by atoms with Crippen LogP contribution in [0.15, 0.2) is 48.5 Å². The summed E-state index contributed by atoms with van der Waals surface area (Å²) in [5.41, 5.74) is 1.56. The van der Waals surface area contributed by atoms with E-state index in [-0.39, 0.29) is 30.3 Å². The molecular weight excluding hydrogens is 442 g/mol. The number of carbonyl (C=O) groups excluding carboxylic acids is 1. The standard InChI is InChI=1S/C29H39NO5/c1-5-33-24-18-26(22-9-7-6-8-10-22)35-29(19-24)13-15-30(16-14-29)27(31)23-11-12-25(21(2)17-23)34-20-28(3,4)32/h6-12,17,24,26,32H,5,13-16,18-20H2,1-4H3. The van der Waals surface area contributed by atoms with Gasteiger partial charge in [-0.3, -0.25) is 4.79 Å². The number of hydrogen-bond donors (Lipinski definition) is 1. The molecule has 6 nitrogen and oxygen atoms in total. The highest BCUT2D eigenvalue weighted by molar-refractivity contribution is 5.94. The topological polar surface area (TPSA) is 68.2 Å². The van der Waals surface area contributed by atoms with E-state index in [9.17, 15) is 9.90 Å². The molecular formula is C29H39NO5. The number of aryl methyl sites for hydroxylation is 1. The number of benzene rings is 2. The third kappa shape index (κ3) is 6.43. The number of piperidine rings is 1. The lowest BCUT2D eigenvalue weighted by atomic mass is 9.80. The minimum absolute atomic E-state index is 0.0165. The average Bonchev–Trinajstić information content (AvgIpc) is 2.83. The fraction of sp³-hybridized carbons (Fsp3) is 0.552. The van der Waals surface area contributed by atoms with Gasteiger partial charge in [-0.15, -0.1) is 0 Å². The Balaban J connectivity index is 1.41. The molecule has 1 spiro atoms. The van der Waals surface area contributed by atoms with Gasteiger partial charge < -0.3 is 24.2 Å². The van der Waals surface area contributed by atoms with Crippen molar-refractivity contribution in [3.05, 3.63) is 65.2 Å². The summed E-state index contributed by atoms with van der Waals surface area (Å²) in [6, 6.07) is 15.9. The highest BCUT2D eigenvalue weighted by Crippen LogP contribution is 2.44. The molecule has 4 rings (SSSR count). The Morgan fingerprint density at radius 2 is 1.89 bits per heavy atom. The van der Waals surface area contributed by atoms with Crippen molar-refractivity contribution in [2.75, 3.05) is 26.3 Å². The average molecular weight is 482 g/mol. The lowest BCUT2D eigenvalue weighted by Crippen LogP contribution is -2.52. The lowest BCUT2D eigenvalue weighted by molar-refractivity contribution is -0.190. The van der Waals surface area contributed by atoms with Gasteiger partial charge in [0.2, 0.25) is 0 Å². The molecule has 2 saturated heterocycles. The van der Waals surface area contributed by atoms with Gasteiger partial charge in [0.05, 0.1) is 23.4 Å². The van der Waals surface area contributed by atoms with Crippen LogP contribution in [0.1, 0.15) is 74.0 Å². The van der Waals surface area contributed by atoms with Crippen LogP contribution in [-0.2, 0) is 9.47 Å². The molecule has 0 bridgehead atoms. The van der Waals surface area contributed by atoms with E-state index in [1.807, 2.05) is 43.0 Å². The van der Waals surface area contributed by atoms with E-state index < -0.39 is 5.60 Å². The van der Waals surface area contributed by atoms with Crippen molar-refractivity contribution in [1.29, 1.82) is 0 Å². The Labute approximate surface area is 209 Å². The second-order valence-corrected chi connectivity index (χ2v) is 10.6. The summed E-state index contributed by atoms with van der Waals surface area (Å²) in [6.07, 6.45) is 3.53. The van der Waals surface area contributed by atoms with Gasteiger partial charge in [-0.05, 0) is 69.9 Å². The summed E-state index contributed by atoms with van der Waals surface area (Å²) >= 11 is 0. The first-order chi connectivity index (χ1) is 16.7. The van der Waals surface area contributed by atoms with Crippen LogP contribution in [0.4, 0.5) is 0 Å². The van der Waals surface area contributed by atoms with E-state index in [0.29, 0.717) is 31.0 Å². The minimum atomic E-state index is -0.910. The normalized spacial score (nSPS) is 22.3. The monoisotopic (exact) mass is 481 g/mol. The molecule has 2 unspecified atom stereocenters. The molecule has 2 atom stereocenters. The van der Waals surface area contributed by atoms with Crippen LogP contribution in [0, 0.1) is 6.92 Å². The van der Waals surface area contributed by atoms with Gasteiger partial charge in [0, 0.05) is 38.1 Å². The van der Waals surface area contributed by atoms with E-state index in [1.165, 1.54) is 5.56 Å². The van der Waals surface area contributed by atoms with Crippen molar-refractivity contribution in [2.45, 2.75) is 76.8 Å². The van der Waals surface area contributed by atoms with E-state index in [4.69, 9.17) is 14.2 Å². The smallest absolute Gasteiger partial charge is 0.253 e. The number of likely N-dealkylation sites (tertiary alicyclic amines) is 1. The molecule has 1 N–H and O–H groups in total. The predicted octanol–water partition coefficient (Wildman–Crippen LogP) is 5.08. The van der Waals surface area contributed by atoms with Crippen LogP contribution in [0.2, 0.25) is 0 Å². The van der Waals surface area contributed by atoms with Crippen LogP contribution in [0.3, 0.4) is 0 Å². The van der Waals surface area contributed by atoms with Crippen molar-refractivity contribution >= 4 is 5.91 Å². The predicted molar refractivity (Wildman–Crippen MR) is 136 cm³/mol. The van der Waals surface area contributed by atoms with Crippen LogP contribution in [-0.4, -0.2) is 59.5 Å². The molecule has 2 aliphatic rings. The first kappa shape index (κ1) is 25.7. The number of amides is 1. The van der Waals surface area contributed by atoms with E-state index in [1.54, 1.807) is 13.8 Å². The van der Waals surface area contributed by atoms with E-state index in [2.05, 4.69) is 24.3 Å². The van der Waals surface area contributed by atoms with Crippen molar-refractivity contribution in [3.63, 3.8) is 0 Å². The molecule has 1 amide bonds. The van der Waals surface area contributed by atoms with Gasteiger partial charge in [-0.1, -0.05) is 30.3 Å². The van der Waals surface area contributed by atoms with E-state index >= 15 is 0 Å². The second kappa shape index (κ2) is 10.7. The molecule has 35 heavy (non-hydrogen) atoms. The Kier molecular flexibility index (Phi) is 7.84. The molecule has 0 radical (unpaired) electrons. The maximum atomic E-state index is 13.3. The SMILES string of the molecule is CCOC1CC(c2ccccc2)OC2(CCN(C(=O)c3ccc(OCC(C)(C)O)c(C)c3)CC2)C1. The van der Waals surface area contributed by atoms with Gasteiger partial charge in [-0.2, -0.15) is 0 Å². The zero-order chi connectivity index (χ0) is 25.1. The molecule has 2 aliphatic heterocycles. The summed E-state index contributed by atoms with van der Waals surface area (Å²) in [5, 5.41) is 9.91. The molecule has 2 heterocycles. The Morgan fingerprint density at radius 1 is 1.17 bits per heavy atom. The summed E-state index contributed by atoms with van der Waals surface area (Å²) in [4.78, 5) is 15.2. The van der Waals surface area contributed by atoms with Crippen LogP contribution in [0.25, 0.3) is 0 Å². The summed E-state index contributed by atoms with van der Waals surface area (Å²) < 4.78 is 18.6. The molecule has 0 aromatic heterocycles. The molecule has 0 saturated carbocycles. The first-order valence-electron chi connectivity index (χ1n) is 12.8. The second-order valence-electron chi connectivity index (χ2n) is 10.6. The fourth-order valence-electron chi connectivity index (χ4n) is 5.19. The lowest BCUT2D eigenvalue weighted by Gasteiger charge is -2.48. The number of aliphatic hydroxyl groups is 1. The van der Waals surface area contributed by atoms with Crippen LogP contribution in [0.5, 0.6) is 5.75 Å². The molecule has 2 fully saturated rings. The van der Waals surface area contributed by atoms with Crippen LogP contribution < -0.4 is 4.74 Å². The van der Waals surface area contributed by atoms with Crippen molar-refractivity contribution in [1.82, 2.24) is 4.90 Å². The highest BCUT2D eigenvalue weighted by Gasteiger charge is 2.45. The summed E-state index contributed by atoms with van der Waals surface area (Å²) in [6.45, 7) is 9.60. The number of nitrogens with zero attached hydrogens (tertiary/aromatic N) is 1. The number of hydrogen-bond acceptors (Lipinski definition) is 5.